The van der Waals surface area contributed by atoms with Crippen LogP contribution in [0.4, 0.5) is 5.69 Å². The maximum absolute atomic E-state index is 11.9. The normalized spacial score (nSPS) is 29.9. The number of piperidine rings is 1. The predicted octanol–water partition coefficient (Wildman–Crippen LogP) is 0.294. The number of carbonyl (C=O) groups is 1. The molecule has 4 rings (SSSR count). The second kappa shape index (κ2) is 3.22. The third-order valence-electron chi connectivity index (χ3n) is 3.43. The van der Waals surface area contributed by atoms with E-state index in [4.69, 9.17) is 5.11 Å². The number of carbonyl (C=O) groups excluding carboxylic acids is 1. The zero-order chi connectivity index (χ0) is 12.2. The first-order chi connectivity index (χ1) is 8.00. The van der Waals surface area contributed by atoms with E-state index in [1.165, 1.54) is 17.0 Å². The van der Waals surface area contributed by atoms with Crippen LogP contribution in [0.5, 0.6) is 5.75 Å². The number of rotatable bonds is 1. The first-order valence-electron chi connectivity index (χ1n) is 5.33. The highest BCUT2D eigenvalue weighted by atomic mass is 32.2. The van der Waals surface area contributed by atoms with Crippen molar-refractivity contribution in [2.45, 2.75) is 16.9 Å². The number of phenolic OH excluding ortho intramolecular Hbond substituents is 1. The summed E-state index contributed by atoms with van der Waals surface area (Å²) in [6, 6.07) is 6.20. The molecule has 17 heavy (non-hydrogen) atoms. The summed E-state index contributed by atoms with van der Waals surface area (Å²) in [5.41, 5.74) is 0.636. The van der Waals surface area contributed by atoms with Crippen molar-refractivity contribution in [2.24, 2.45) is 0 Å². The number of fused-ring (bicyclic) bond motifs is 2. The maximum Gasteiger partial charge on any atom is 0.245 e. The van der Waals surface area contributed by atoms with E-state index in [0.29, 0.717) is 12.1 Å². The van der Waals surface area contributed by atoms with E-state index >= 15 is 0 Å². The highest BCUT2D eigenvalue weighted by Gasteiger charge is 2.57. The molecule has 0 aliphatic carbocycles. The molecule has 0 radical (unpaired) electrons. The number of anilines is 1. The van der Waals surface area contributed by atoms with E-state index in [1.54, 1.807) is 12.1 Å². The molecule has 0 spiro atoms. The molecule has 90 valence electrons. The average Bonchev–Trinajstić information content (AvgIpc) is 2.30. The minimum atomic E-state index is -3.20. The Morgan fingerprint density at radius 1 is 1.24 bits per heavy atom. The molecule has 3 aliphatic heterocycles. The topological polar surface area (TPSA) is 74.7 Å². The first kappa shape index (κ1) is 10.6. The van der Waals surface area contributed by atoms with Crippen molar-refractivity contribution in [3.63, 3.8) is 0 Å². The average molecular weight is 253 g/mol. The number of amides is 1. The van der Waals surface area contributed by atoms with Gasteiger partial charge in [0.1, 0.15) is 11.0 Å². The summed E-state index contributed by atoms with van der Waals surface area (Å²) in [6.45, 7) is 0.225. The Kier molecular flexibility index (Phi) is 2.01. The van der Waals surface area contributed by atoms with Gasteiger partial charge in [-0.2, -0.15) is 0 Å². The Morgan fingerprint density at radius 2 is 1.88 bits per heavy atom. The summed E-state index contributed by atoms with van der Waals surface area (Å²) in [5.74, 6) is -0.228. The molecular formula is C11H11NO4S. The molecule has 3 saturated heterocycles. The molecule has 0 saturated carbocycles. The van der Waals surface area contributed by atoms with Gasteiger partial charge in [0.05, 0.1) is 5.25 Å². The third kappa shape index (κ3) is 1.37. The van der Waals surface area contributed by atoms with Crippen LogP contribution < -0.4 is 4.90 Å². The Bertz CT molecular complexity index is 578. The molecule has 2 unspecified atom stereocenters. The summed E-state index contributed by atoms with van der Waals surface area (Å²) in [4.78, 5) is 13.4. The zero-order valence-corrected chi connectivity index (χ0v) is 9.72. The lowest BCUT2D eigenvalue weighted by Crippen LogP contribution is -2.65. The largest absolute Gasteiger partial charge is 0.508 e. The minimum absolute atomic E-state index is 0.121. The summed E-state index contributed by atoms with van der Waals surface area (Å²) < 4.78 is 23.2. The molecule has 2 atom stereocenters. The van der Waals surface area contributed by atoms with Gasteiger partial charge in [-0.3, -0.25) is 4.79 Å². The molecule has 3 fully saturated rings. The van der Waals surface area contributed by atoms with Gasteiger partial charge in [0, 0.05) is 12.2 Å². The molecule has 3 aliphatic rings. The van der Waals surface area contributed by atoms with Crippen molar-refractivity contribution < 1.29 is 18.3 Å². The van der Waals surface area contributed by atoms with Crippen LogP contribution in [0.2, 0.25) is 0 Å². The van der Waals surface area contributed by atoms with E-state index in [0.717, 1.165) is 0 Å². The third-order valence-corrected chi connectivity index (χ3v) is 5.89. The Labute approximate surface area is 98.6 Å². The van der Waals surface area contributed by atoms with Crippen molar-refractivity contribution in [3.8, 4) is 5.75 Å². The number of benzene rings is 1. The van der Waals surface area contributed by atoms with Crippen molar-refractivity contribution in [3.05, 3.63) is 24.3 Å². The van der Waals surface area contributed by atoms with E-state index in [2.05, 4.69) is 0 Å². The summed E-state index contributed by atoms with van der Waals surface area (Å²) in [6.07, 6.45) is 0.454. The fourth-order valence-corrected chi connectivity index (χ4v) is 4.20. The van der Waals surface area contributed by atoms with Crippen LogP contribution in [0.15, 0.2) is 24.3 Å². The van der Waals surface area contributed by atoms with Gasteiger partial charge in [0.25, 0.3) is 0 Å². The molecular weight excluding hydrogens is 242 g/mol. The van der Waals surface area contributed by atoms with Gasteiger partial charge in [-0.05, 0) is 30.7 Å². The maximum atomic E-state index is 11.9. The SMILES string of the molecule is O=C1C2CC(CN1c1ccc(O)cc1)S2(=O)=O. The van der Waals surface area contributed by atoms with Crippen LogP contribution in [0.3, 0.4) is 0 Å². The summed E-state index contributed by atoms with van der Waals surface area (Å²) >= 11 is 0. The summed E-state index contributed by atoms with van der Waals surface area (Å²) in [5, 5.41) is 7.90. The molecule has 1 aromatic rings. The second-order valence-corrected chi connectivity index (χ2v) is 6.81. The number of phenols is 1. The Hall–Kier alpha value is -1.56. The zero-order valence-electron chi connectivity index (χ0n) is 8.91. The quantitative estimate of drug-likeness (QED) is 0.781. The van der Waals surface area contributed by atoms with Crippen molar-refractivity contribution in [2.75, 3.05) is 11.4 Å². The fourth-order valence-electron chi connectivity index (χ4n) is 2.37. The van der Waals surface area contributed by atoms with Gasteiger partial charge in [0.2, 0.25) is 5.91 Å². The second-order valence-electron chi connectivity index (χ2n) is 4.40. The Morgan fingerprint density at radius 3 is 2.41 bits per heavy atom. The molecule has 1 amide bonds. The summed E-state index contributed by atoms with van der Waals surface area (Å²) in [7, 11) is -3.20. The molecule has 5 nitrogen and oxygen atoms in total. The molecule has 0 aromatic heterocycles. The van der Waals surface area contributed by atoms with Crippen molar-refractivity contribution in [1.82, 2.24) is 0 Å². The standard InChI is InChI=1S/C11H11NO4S/c13-8-3-1-7(2-4-8)12-6-9-5-10(11(12)14)17(9,15)16/h1-4,9-10,13H,5-6H2. The lowest BCUT2D eigenvalue weighted by atomic mass is 10.1. The molecule has 3 heterocycles. The van der Waals surface area contributed by atoms with Gasteiger partial charge in [-0.1, -0.05) is 0 Å². The monoisotopic (exact) mass is 253 g/mol. The number of sulfone groups is 1. The molecule has 1 N–H and O–H groups in total. The number of nitrogens with zero attached hydrogens (tertiary/aromatic N) is 1. The van der Waals surface area contributed by atoms with Crippen LogP contribution in [0, 0.1) is 0 Å². The van der Waals surface area contributed by atoms with E-state index < -0.39 is 20.3 Å². The van der Waals surface area contributed by atoms with Crippen LogP contribution in [-0.4, -0.2) is 36.5 Å². The molecule has 6 heteroatoms. The number of hydrogen-bond acceptors (Lipinski definition) is 4. The van der Waals surface area contributed by atoms with Gasteiger partial charge in [0.15, 0.2) is 9.84 Å². The predicted molar refractivity (Wildman–Crippen MR) is 61.6 cm³/mol. The van der Waals surface area contributed by atoms with Gasteiger partial charge in [-0.15, -0.1) is 0 Å². The van der Waals surface area contributed by atoms with Gasteiger partial charge < -0.3 is 10.0 Å². The first-order valence-corrected chi connectivity index (χ1v) is 6.94. The van der Waals surface area contributed by atoms with Crippen LogP contribution in [0.25, 0.3) is 0 Å². The number of hydrogen-bond donors (Lipinski definition) is 1. The van der Waals surface area contributed by atoms with Crippen molar-refractivity contribution in [1.29, 1.82) is 0 Å². The van der Waals surface area contributed by atoms with E-state index in [9.17, 15) is 13.2 Å². The van der Waals surface area contributed by atoms with Crippen molar-refractivity contribution >= 4 is 21.4 Å². The lowest BCUT2D eigenvalue weighted by molar-refractivity contribution is -0.119. The van der Waals surface area contributed by atoms with Gasteiger partial charge >= 0.3 is 0 Å². The minimum Gasteiger partial charge on any atom is -0.508 e. The number of aromatic hydroxyl groups is 1. The highest BCUT2D eigenvalue weighted by molar-refractivity contribution is 7.95. The molecule has 2 bridgehead atoms. The smallest absolute Gasteiger partial charge is 0.245 e. The fraction of sp³-hybridized carbons (Fsp3) is 0.364. The van der Waals surface area contributed by atoms with Crippen LogP contribution in [-0.2, 0) is 14.6 Å². The lowest BCUT2D eigenvalue weighted by Gasteiger charge is -2.45. The molecule has 1 aromatic carbocycles. The van der Waals surface area contributed by atoms with Crippen LogP contribution >= 0.6 is 0 Å². The van der Waals surface area contributed by atoms with Crippen LogP contribution in [0.1, 0.15) is 6.42 Å². The van der Waals surface area contributed by atoms with Gasteiger partial charge in [-0.25, -0.2) is 8.42 Å². The Balaban J connectivity index is 1.93. The highest BCUT2D eigenvalue weighted by Crippen LogP contribution is 2.38. The van der Waals surface area contributed by atoms with E-state index in [1.807, 2.05) is 0 Å². The van der Waals surface area contributed by atoms with E-state index in [-0.39, 0.29) is 18.2 Å².